The van der Waals surface area contributed by atoms with E-state index >= 15 is 0 Å². The van der Waals surface area contributed by atoms with E-state index in [9.17, 15) is 19.3 Å². The van der Waals surface area contributed by atoms with Gasteiger partial charge < -0.3 is 15.4 Å². The van der Waals surface area contributed by atoms with Crippen molar-refractivity contribution in [1.29, 1.82) is 0 Å². The summed E-state index contributed by atoms with van der Waals surface area (Å²) in [5, 5.41) is 10.9. The van der Waals surface area contributed by atoms with Crippen LogP contribution in [0.4, 0.5) is 15.8 Å². The number of hydrogen-bond donors (Lipinski definition) is 1. The Morgan fingerprint density at radius 2 is 2.04 bits per heavy atom. The Kier molecular flexibility index (Phi) is 5.31. The van der Waals surface area contributed by atoms with Gasteiger partial charge in [0.2, 0.25) is 0 Å². The highest BCUT2D eigenvalue weighted by atomic mass is 19.1. The lowest BCUT2D eigenvalue weighted by Crippen LogP contribution is -2.31. The van der Waals surface area contributed by atoms with Crippen molar-refractivity contribution in [3.05, 3.63) is 64.0 Å². The van der Waals surface area contributed by atoms with Crippen LogP contribution >= 0.6 is 0 Å². The van der Waals surface area contributed by atoms with Gasteiger partial charge in [-0.15, -0.1) is 0 Å². The van der Waals surface area contributed by atoms with Crippen LogP contribution in [0.3, 0.4) is 0 Å². The van der Waals surface area contributed by atoms with Gasteiger partial charge in [0.1, 0.15) is 12.3 Å². The van der Waals surface area contributed by atoms with Gasteiger partial charge in [0, 0.05) is 18.7 Å². The van der Waals surface area contributed by atoms with E-state index in [0.29, 0.717) is 0 Å². The molecule has 8 heteroatoms. The van der Waals surface area contributed by atoms with Gasteiger partial charge >= 0.3 is 0 Å². The van der Waals surface area contributed by atoms with Gasteiger partial charge in [0.05, 0.1) is 11.5 Å². The summed E-state index contributed by atoms with van der Waals surface area (Å²) in [4.78, 5) is 23.8. The van der Waals surface area contributed by atoms with Gasteiger partial charge in [-0.05, 0) is 24.3 Å². The standard InChI is InChI=1S/C16H16FN3O4/c1-19(8-9-24-15-5-3-2-4-12(15)17)16(21)11-6-7-13(18)14(10-11)20(22)23/h2-7,10H,8-9,18H2,1H3. The molecule has 0 spiro atoms. The molecule has 0 aromatic heterocycles. The van der Waals surface area contributed by atoms with Crippen molar-refractivity contribution in [2.24, 2.45) is 0 Å². The van der Waals surface area contributed by atoms with E-state index in [0.717, 1.165) is 6.07 Å². The third kappa shape index (κ3) is 3.97. The van der Waals surface area contributed by atoms with Crippen molar-refractivity contribution in [2.75, 3.05) is 25.9 Å². The fraction of sp³-hybridized carbons (Fsp3) is 0.188. The first-order valence-corrected chi connectivity index (χ1v) is 7.07. The number of amides is 1. The van der Waals surface area contributed by atoms with Crippen LogP contribution in [-0.2, 0) is 0 Å². The number of nitro benzene ring substituents is 1. The number of nitro groups is 1. The molecule has 0 radical (unpaired) electrons. The lowest BCUT2D eigenvalue weighted by molar-refractivity contribution is -0.383. The average Bonchev–Trinajstić information content (AvgIpc) is 2.56. The van der Waals surface area contributed by atoms with Crippen molar-refractivity contribution in [2.45, 2.75) is 0 Å². The summed E-state index contributed by atoms with van der Waals surface area (Å²) < 4.78 is 18.7. The molecular weight excluding hydrogens is 317 g/mol. The summed E-state index contributed by atoms with van der Waals surface area (Å²) in [6.07, 6.45) is 0. The van der Waals surface area contributed by atoms with Crippen LogP contribution < -0.4 is 10.5 Å². The molecule has 0 atom stereocenters. The van der Waals surface area contributed by atoms with Gasteiger partial charge in [-0.1, -0.05) is 12.1 Å². The summed E-state index contributed by atoms with van der Waals surface area (Å²) in [5.41, 5.74) is 5.31. The normalized spacial score (nSPS) is 10.2. The zero-order valence-corrected chi connectivity index (χ0v) is 12.9. The van der Waals surface area contributed by atoms with Gasteiger partial charge in [-0.3, -0.25) is 14.9 Å². The quantitative estimate of drug-likeness (QED) is 0.497. The summed E-state index contributed by atoms with van der Waals surface area (Å²) in [6, 6.07) is 9.81. The first-order valence-electron chi connectivity index (χ1n) is 7.07. The number of nitrogen functional groups attached to an aromatic ring is 1. The Morgan fingerprint density at radius 3 is 2.71 bits per heavy atom. The molecule has 0 heterocycles. The SMILES string of the molecule is CN(CCOc1ccccc1F)C(=O)c1ccc(N)c([N+](=O)[O-])c1. The number of ether oxygens (including phenoxy) is 1. The molecule has 0 aliphatic rings. The van der Waals surface area contributed by atoms with Gasteiger partial charge in [0.15, 0.2) is 11.6 Å². The maximum atomic E-state index is 13.4. The van der Waals surface area contributed by atoms with E-state index in [2.05, 4.69) is 0 Å². The van der Waals surface area contributed by atoms with E-state index in [1.807, 2.05) is 0 Å². The zero-order valence-electron chi connectivity index (χ0n) is 12.9. The fourth-order valence-electron chi connectivity index (χ4n) is 2.01. The molecule has 0 saturated heterocycles. The summed E-state index contributed by atoms with van der Waals surface area (Å²) in [5.74, 6) is -0.808. The molecule has 126 valence electrons. The maximum Gasteiger partial charge on any atom is 0.292 e. The number of nitrogens with zero attached hydrogens (tertiary/aromatic N) is 2. The third-order valence-corrected chi connectivity index (χ3v) is 3.34. The molecule has 24 heavy (non-hydrogen) atoms. The monoisotopic (exact) mass is 333 g/mol. The Bertz CT molecular complexity index is 767. The number of para-hydroxylation sites is 1. The molecule has 0 aliphatic carbocycles. The van der Waals surface area contributed by atoms with Crippen LogP contribution in [0.25, 0.3) is 0 Å². The van der Waals surface area contributed by atoms with Crippen LogP contribution in [0, 0.1) is 15.9 Å². The molecule has 2 aromatic rings. The topological polar surface area (TPSA) is 98.7 Å². The first-order chi connectivity index (χ1) is 11.4. The van der Waals surface area contributed by atoms with Crippen LogP contribution in [0.2, 0.25) is 0 Å². The second kappa shape index (κ2) is 7.40. The molecule has 0 unspecified atom stereocenters. The molecule has 0 saturated carbocycles. The van der Waals surface area contributed by atoms with E-state index in [4.69, 9.17) is 10.5 Å². The second-order valence-electron chi connectivity index (χ2n) is 5.04. The largest absolute Gasteiger partial charge is 0.489 e. The molecule has 2 N–H and O–H groups in total. The number of halogens is 1. The fourth-order valence-corrected chi connectivity index (χ4v) is 2.01. The number of rotatable bonds is 6. The van der Waals surface area contributed by atoms with E-state index in [1.165, 1.54) is 36.2 Å². The Labute approximate surface area is 137 Å². The van der Waals surface area contributed by atoms with Crippen molar-refractivity contribution in [3.8, 4) is 5.75 Å². The molecule has 0 fully saturated rings. The van der Waals surface area contributed by atoms with Crippen molar-refractivity contribution < 1.29 is 18.8 Å². The molecule has 0 aliphatic heterocycles. The first kappa shape index (κ1) is 17.2. The maximum absolute atomic E-state index is 13.4. The zero-order chi connectivity index (χ0) is 17.7. The summed E-state index contributed by atoms with van der Waals surface area (Å²) in [6.45, 7) is 0.269. The molecule has 7 nitrogen and oxygen atoms in total. The Balaban J connectivity index is 1.98. The molecule has 1 amide bonds. The second-order valence-corrected chi connectivity index (χ2v) is 5.04. The predicted octanol–water partition coefficient (Wildman–Crippen LogP) is 2.47. The number of carbonyl (C=O) groups excluding carboxylic acids is 1. The van der Waals surface area contributed by atoms with Crippen molar-refractivity contribution >= 4 is 17.3 Å². The van der Waals surface area contributed by atoms with E-state index in [-0.39, 0.29) is 35.8 Å². The van der Waals surface area contributed by atoms with Crippen LogP contribution in [-0.4, -0.2) is 35.9 Å². The highest BCUT2D eigenvalue weighted by Crippen LogP contribution is 2.23. The molecule has 2 rings (SSSR count). The van der Waals surface area contributed by atoms with Gasteiger partial charge in [-0.2, -0.15) is 0 Å². The molecular formula is C16H16FN3O4. The Morgan fingerprint density at radius 1 is 1.33 bits per heavy atom. The third-order valence-electron chi connectivity index (χ3n) is 3.34. The average molecular weight is 333 g/mol. The highest BCUT2D eigenvalue weighted by Gasteiger charge is 2.18. The minimum absolute atomic E-state index is 0.0120. The van der Waals surface area contributed by atoms with E-state index in [1.54, 1.807) is 12.1 Å². The number of nitrogens with two attached hydrogens (primary N) is 1. The van der Waals surface area contributed by atoms with Crippen LogP contribution in [0.15, 0.2) is 42.5 Å². The van der Waals surface area contributed by atoms with Gasteiger partial charge in [-0.25, -0.2) is 4.39 Å². The smallest absolute Gasteiger partial charge is 0.292 e. The summed E-state index contributed by atoms with van der Waals surface area (Å²) >= 11 is 0. The van der Waals surface area contributed by atoms with Crippen LogP contribution in [0.1, 0.15) is 10.4 Å². The molecule has 0 bridgehead atoms. The number of carbonyl (C=O) groups is 1. The number of hydrogen-bond acceptors (Lipinski definition) is 5. The number of benzene rings is 2. The van der Waals surface area contributed by atoms with Gasteiger partial charge in [0.25, 0.3) is 11.6 Å². The minimum Gasteiger partial charge on any atom is -0.489 e. The number of likely N-dealkylation sites (N-methyl/N-ethyl adjacent to an activating group) is 1. The number of anilines is 1. The summed E-state index contributed by atoms with van der Waals surface area (Å²) in [7, 11) is 1.52. The van der Waals surface area contributed by atoms with E-state index < -0.39 is 16.6 Å². The van der Waals surface area contributed by atoms with Crippen molar-refractivity contribution in [1.82, 2.24) is 4.90 Å². The van der Waals surface area contributed by atoms with Crippen molar-refractivity contribution in [3.63, 3.8) is 0 Å². The lowest BCUT2D eigenvalue weighted by Gasteiger charge is -2.17. The molecule has 2 aromatic carbocycles. The Hall–Kier alpha value is -3.16. The van der Waals surface area contributed by atoms with Crippen LogP contribution in [0.5, 0.6) is 5.75 Å². The predicted molar refractivity (Wildman–Crippen MR) is 86.4 cm³/mol. The lowest BCUT2D eigenvalue weighted by atomic mass is 10.1. The highest BCUT2D eigenvalue weighted by molar-refractivity contribution is 5.95. The minimum atomic E-state index is -0.645.